The first-order valence-corrected chi connectivity index (χ1v) is 11.7. The van der Waals surface area contributed by atoms with E-state index in [-0.39, 0.29) is 6.71 Å². The van der Waals surface area contributed by atoms with Gasteiger partial charge in [-0.1, -0.05) is 60.7 Å². The van der Waals surface area contributed by atoms with Crippen molar-refractivity contribution in [3.8, 4) is 17.2 Å². The van der Waals surface area contributed by atoms with Crippen molar-refractivity contribution in [2.24, 2.45) is 0 Å². The van der Waals surface area contributed by atoms with Crippen LogP contribution in [0, 0.1) is 0 Å². The first kappa shape index (κ1) is 17.1. The lowest BCUT2D eigenvalue weighted by Crippen LogP contribution is -2.58. The zero-order chi connectivity index (χ0) is 22.0. The normalized spacial score (nSPS) is 13.5. The maximum absolute atomic E-state index is 6.40. The molecule has 0 bridgehead atoms. The molecular weight excluding hydrogens is 417 g/mol. The van der Waals surface area contributed by atoms with Crippen LogP contribution in [-0.4, -0.2) is 11.3 Å². The van der Waals surface area contributed by atoms with Crippen molar-refractivity contribution in [2.45, 2.75) is 0 Å². The molecule has 4 heteroatoms. The maximum atomic E-state index is 6.40. The Balaban J connectivity index is 1.50. The van der Waals surface area contributed by atoms with E-state index in [4.69, 9.17) is 9.15 Å². The van der Waals surface area contributed by atoms with Crippen LogP contribution in [0.3, 0.4) is 0 Å². The number of hydrogen-bond donors (Lipinski definition) is 0. The smallest absolute Gasteiger partial charge is 0.256 e. The molecule has 5 aromatic carbocycles. The van der Waals surface area contributed by atoms with E-state index in [1.54, 1.807) is 0 Å². The summed E-state index contributed by atoms with van der Waals surface area (Å²) in [5, 5.41) is 4.85. The van der Waals surface area contributed by atoms with Gasteiger partial charge in [0.1, 0.15) is 22.7 Å². The van der Waals surface area contributed by atoms with Crippen molar-refractivity contribution in [3.63, 3.8) is 0 Å². The van der Waals surface area contributed by atoms with E-state index >= 15 is 0 Å². The van der Waals surface area contributed by atoms with Gasteiger partial charge in [0.2, 0.25) is 0 Å². The molecule has 0 saturated heterocycles. The van der Waals surface area contributed by atoms with Crippen LogP contribution < -0.4 is 21.1 Å². The van der Waals surface area contributed by atoms with Crippen LogP contribution in [-0.2, 0) is 0 Å². The van der Waals surface area contributed by atoms with Gasteiger partial charge in [-0.3, -0.25) is 0 Å². The molecule has 34 heavy (non-hydrogen) atoms. The molecule has 0 radical (unpaired) electrons. The van der Waals surface area contributed by atoms with Crippen molar-refractivity contribution >= 4 is 66.8 Å². The molecule has 9 rings (SSSR count). The van der Waals surface area contributed by atoms with E-state index in [1.807, 2.05) is 18.2 Å². The second-order valence-electron chi connectivity index (χ2n) is 9.30. The highest BCUT2D eigenvalue weighted by atomic mass is 16.5. The molecule has 0 aliphatic carbocycles. The van der Waals surface area contributed by atoms with Gasteiger partial charge in [-0.05, 0) is 46.7 Å². The number of rotatable bonds is 0. The van der Waals surface area contributed by atoms with Crippen LogP contribution in [0.5, 0.6) is 11.5 Å². The van der Waals surface area contributed by atoms with E-state index in [0.717, 1.165) is 33.4 Å². The Morgan fingerprint density at radius 3 is 2.38 bits per heavy atom. The van der Waals surface area contributed by atoms with Gasteiger partial charge in [0.15, 0.2) is 0 Å². The van der Waals surface area contributed by atoms with E-state index in [0.29, 0.717) is 0 Å². The van der Waals surface area contributed by atoms with Crippen molar-refractivity contribution in [1.82, 2.24) is 4.57 Å². The van der Waals surface area contributed by atoms with Crippen LogP contribution in [0.1, 0.15) is 0 Å². The number of hydrogen-bond acceptors (Lipinski definition) is 2. The predicted molar refractivity (Wildman–Crippen MR) is 139 cm³/mol. The van der Waals surface area contributed by atoms with Gasteiger partial charge in [0.05, 0.1) is 5.52 Å². The Bertz CT molecular complexity index is 2010. The predicted octanol–water partition coefficient (Wildman–Crippen LogP) is 5.62. The first-order valence-electron chi connectivity index (χ1n) is 11.7. The quantitative estimate of drug-likeness (QED) is 0.291. The number of aromatic nitrogens is 1. The minimum Gasteiger partial charge on any atom is -0.458 e. The third kappa shape index (κ3) is 1.89. The highest BCUT2D eigenvalue weighted by Crippen LogP contribution is 2.40. The highest BCUT2D eigenvalue weighted by Gasteiger charge is 2.39. The highest BCUT2D eigenvalue weighted by molar-refractivity contribution is 6.99. The summed E-state index contributed by atoms with van der Waals surface area (Å²) in [6.07, 6.45) is 0. The molecule has 0 spiro atoms. The van der Waals surface area contributed by atoms with Gasteiger partial charge in [-0.2, -0.15) is 0 Å². The molecule has 7 aromatic rings. The fraction of sp³-hybridized carbons (Fsp3) is 0. The Hall–Kier alpha value is -4.44. The summed E-state index contributed by atoms with van der Waals surface area (Å²) in [4.78, 5) is 0. The summed E-state index contributed by atoms with van der Waals surface area (Å²) in [7, 11) is 0. The Labute approximate surface area is 194 Å². The molecular formula is C30H16BNO2. The van der Waals surface area contributed by atoms with Gasteiger partial charge in [-0.15, -0.1) is 0 Å². The molecule has 0 unspecified atom stereocenters. The minimum atomic E-state index is 0.153. The lowest BCUT2D eigenvalue weighted by Gasteiger charge is -2.33. The molecule has 3 nitrogen and oxygen atoms in total. The number of fused-ring (bicyclic) bond motifs is 10. The molecule has 2 aliphatic rings. The summed E-state index contributed by atoms with van der Waals surface area (Å²) >= 11 is 0. The lowest BCUT2D eigenvalue weighted by molar-refractivity contribution is 0.487. The zero-order valence-electron chi connectivity index (χ0n) is 18.1. The monoisotopic (exact) mass is 433 g/mol. The number of ether oxygens (including phenoxy) is 1. The van der Waals surface area contributed by atoms with E-state index in [2.05, 4.69) is 83.4 Å². The Kier molecular flexibility index (Phi) is 2.88. The van der Waals surface area contributed by atoms with Crippen molar-refractivity contribution in [1.29, 1.82) is 0 Å². The third-order valence-corrected chi connectivity index (χ3v) is 7.65. The van der Waals surface area contributed by atoms with E-state index in [1.165, 1.54) is 43.9 Å². The van der Waals surface area contributed by atoms with Gasteiger partial charge < -0.3 is 13.7 Å². The van der Waals surface area contributed by atoms with Crippen LogP contribution >= 0.6 is 0 Å². The van der Waals surface area contributed by atoms with Crippen molar-refractivity contribution in [3.05, 3.63) is 97.1 Å². The average molecular weight is 433 g/mol. The molecule has 0 saturated carbocycles. The summed E-state index contributed by atoms with van der Waals surface area (Å²) in [5.74, 6) is 1.89. The minimum absolute atomic E-state index is 0.153. The Morgan fingerprint density at radius 1 is 0.588 bits per heavy atom. The third-order valence-electron chi connectivity index (χ3n) is 7.65. The molecule has 0 amide bonds. The molecule has 156 valence electrons. The fourth-order valence-corrected chi connectivity index (χ4v) is 6.31. The maximum Gasteiger partial charge on any atom is 0.256 e. The average Bonchev–Trinajstić information content (AvgIpc) is 3.41. The van der Waals surface area contributed by atoms with Crippen LogP contribution in [0.25, 0.3) is 49.4 Å². The van der Waals surface area contributed by atoms with Gasteiger partial charge in [0, 0.05) is 38.8 Å². The number of furan rings is 1. The molecule has 0 atom stereocenters. The SMILES string of the molecule is c1ccc2c(c1)Oc1cccc3c1B2c1cccc2c4cc5c(cc4n-3c12)oc1ccccc15. The first-order chi connectivity index (χ1) is 16.9. The van der Waals surface area contributed by atoms with Crippen LogP contribution in [0.2, 0.25) is 0 Å². The zero-order valence-corrected chi connectivity index (χ0v) is 18.1. The molecule has 0 N–H and O–H groups in total. The van der Waals surface area contributed by atoms with Crippen LogP contribution in [0.4, 0.5) is 0 Å². The summed E-state index contributed by atoms with van der Waals surface area (Å²) in [6.45, 7) is 0.153. The van der Waals surface area contributed by atoms with Crippen LogP contribution in [0.15, 0.2) is 101 Å². The largest absolute Gasteiger partial charge is 0.458 e. The van der Waals surface area contributed by atoms with Gasteiger partial charge in [0.25, 0.3) is 6.71 Å². The summed E-state index contributed by atoms with van der Waals surface area (Å²) < 4.78 is 15.1. The Morgan fingerprint density at radius 2 is 1.38 bits per heavy atom. The fourth-order valence-electron chi connectivity index (χ4n) is 6.31. The summed E-state index contributed by atoms with van der Waals surface area (Å²) in [5.41, 5.74) is 9.27. The number of benzene rings is 5. The van der Waals surface area contributed by atoms with Crippen molar-refractivity contribution < 1.29 is 9.15 Å². The topological polar surface area (TPSA) is 27.3 Å². The molecule has 2 aliphatic heterocycles. The second kappa shape index (κ2) is 5.73. The molecule has 2 aromatic heterocycles. The van der Waals surface area contributed by atoms with Gasteiger partial charge >= 0.3 is 0 Å². The summed E-state index contributed by atoms with van der Waals surface area (Å²) in [6, 6.07) is 34.4. The molecule has 0 fully saturated rings. The number of nitrogens with zero attached hydrogens (tertiary/aromatic N) is 1. The second-order valence-corrected chi connectivity index (χ2v) is 9.30. The van der Waals surface area contributed by atoms with Gasteiger partial charge in [-0.25, -0.2) is 0 Å². The van der Waals surface area contributed by atoms with E-state index in [9.17, 15) is 0 Å². The lowest BCUT2D eigenvalue weighted by atomic mass is 9.34. The molecule has 4 heterocycles. The number of para-hydroxylation sites is 3. The van der Waals surface area contributed by atoms with Crippen molar-refractivity contribution in [2.75, 3.05) is 0 Å². The van der Waals surface area contributed by atoms with E-state index < -0.39 is 0 Å². The standard InChI is InChI=1S/C30H16BNO2/c1-3-12-25-17(7-1)20-15-19-18-8-5-10-22-30(18)32(24(19)16-28(20)33-25)23-11-6-14-27-29(23)31(22)21-9-2-4-13-26(21)34-27/h1-16H.